The van der Waals surface area contributed by atoms with Crippen molar-refractivity contribution in [3.05, 3.63) is 71.0 Å². The van der Waals surface area contributed by atoms with E-state index in [9.17, 15) is 18.8 Å². The summed E-state index contributed by atoms with van der Waals surface area (Å²) in [6.07, 6.45) is 0. The van der Waals surface area contributed by atoms with Crippen molar-refractivity contribution in [2.24, 2.45) is 5.92 Å². The van der Waals surface area contributed by atoms with Crippen molar-refractivity contribution in [1.29, 1.82) is 0 Å². The predicted molar refractivity (Wildman–Crippen MR) is 126 cm³/mol. The summed E-state index contributed by atoms with van der Waals surface area (Å²) in [7, 11) is 0. The van der Waals surface area contributed by atoms with Gasteiger partial charge in [-0.1, -0.05) is 39.8 Å². The molecule has 7 heteroatoms. The Morgan fingerprint density at radius 1 is 0.788 bits per heavy atom. The van der Waals surface area contributed by atoms with Gasteiger partial charge in [-0.05, 0) is 53.8 Å². The Bertz CT molecular complexity index is 979. The zero-order valence-electron chi connectivity index (χ0n) is 19.7. The number of halogens is 1. The molecule has 2 aromatic carbocycles. The summed E-state index contributed by atoms with van der Waals surface area (Å²) < 4.78 is 13.1. The summed E-state index contributed by atoms with van der Waals surface area (Å²) in [5.74, 6) is -0.773. The standard InChI is InChI=1S/C26H32FN3O3/c1-17(2)19-5-7-21(8-6-19)25(32)29-13-15-30(16-14-29)26(33)23(18(3)4)28-24(31)20-9-11-22(27)12-10-20/h5-12,17-18,23H,13-16H2,1-4H3,(H,28,31). The molecule has 1 atom stereocenters. The van der Waals surface area contributed by atoms with Gasteiger partial charge < -0.3 is 15.1 Å². The lowest BCUT2D eigenvalue weighted by atomic mass is 10.0. The van der Waals surface area contributed by atoms with Gasteiger partial charge in [-0.15, -0.1) is 0 Å². The molecule has 1 heterocycles. The number of benzene rings is 2. The maximum Gasteiger partial charge on any atom is 0.253 e. The first-order chi connectivity index (χ1) is 15.7. The highest BCUT2D eigenvalue weighted by Gasteiger charge is 2.32. The minimum atomic E-state index is -0.701. The van der Waals surface area contributed by atoms with E-state index in [1.807, 2.05) is 38.1 Å². The van der Waals surface area contributed by atoms with Gasteiger partial charge in [0.2, 0.25) is 5.91 Å². The fraction of sp³-hybridized carbons (Fsp3) is 0.423. The van der Waals surface area contributed by atoms with Gasteiger partial charge in [0.1, 0.15) is 11.9 Å². The lowest BCUT2D eigenvalue weighted by Gasteiger charge is -2.37. The summed E-state index contributed by atoms with van der Waals surface area (Å²) in [6, 6.07) is 12.2. The average molecular weight is 454 g/mol. The topological polar surface area (TPSA) is 69.7 Å². The molecule has 1 fully saturated rings. The quantitative estimate of drug-likeness (QED) is 0.725. The first kappa shape index (κ1) is 24.4. The van der Waals surface area contributed by atoms with Crippen LogP contribution in [0.5, 0.6) is 0 Å². The molecule has 0 spiro atoms. The van der Waals surface area contributed by atoms with E-state index in [1.165, 1.54) is 29.8 Å². The number of rotatable bonds is 6. The molecular formula is C26H32FN3O3. The van der Waals surface area contributed by atoms with Crippen LogP contribution >= 0.6 is 0 Å². The molecule has 0 aliphatic carbocycles. The van der Waals surface area contributed by atoms with E-state index in [1.54, 1.807) is 9.80 Å². The number of amides is 3. The Morgan fingerprint density at radius 3 is 1.82 bits per heavy atom. The van der Waals surface area contributed by atoms with Crippen LogP contribution in [0.15, 0.2) is 48.5 Å². The minimum absolute atomic E-state index is 0.0394. The molecule has 0 bridgehead atoms. The fourth-order valence-corrected chi connectivity index (χ4v) is 3.86. The highest BCUT2D eigenvalue weighted by molar-refractivity contribution is 5.98. The number of piperazine rings is 1. The smallest absolute Gasteiger partial charge is 0.253 e. The van der Waals surface area contributed by atoms with E-state index in [4.69, 9.17) is 0 Å². The molecule has 2 aromatic rings. The van der Waals surface area contributed by atoms with Gasteiger partial charge in [0.05, 0.1) is 0 Å². The second kappa shape index (κ2) is 10.6. The first-order valence-electron chi connectivity index (χ1n) is 11.4. The monoisotopic (exact) mass is 453 g/mol. The number of hydrogen-bond donors (Lipinski definition) is 1. The highest BCUT2D eigenvalue weighted by Crippen LogP contribution is 2.17. The van der Waals surface area contributed by atoms with Crippen LogP contribution in [0.4, 0.5) is 4.39 Å². The van der Waals surface area contributed by atoms with E-state index in [2.05, 4.69) is 19.2 Å². The van der Waals surface area contributed by atoms with Crippen molar-refractivity contribution in [3.63, 3.8) is 0 Å². The van der Waals surface area contributed by atoms with Crippen LogP contribution in [0.1, 0.15) is 59.9 Å². The summed E-state index contributed by atoms with van der Waals surface area (Å²) in [5.41, 5.74) is 2.13. The average Bonchev–Trinajstić information content (AvgIpc) is 2.82. The maximum absolute atomic E-state index is 13.2. The van der Waals surface area contributed by atoms with Gasteiger partial charge in [0.25, 0.3) is 11.8 Å². The van der Waals surface area contributed by atoms with Gasteiger partial charge in [-0.2, -0.15) is 0 Å². The summed E-state index contributed by atoms with van der Waals surface area (Å²) in [4.78, 5) is 42.0. The van der Waals surface area contributed by atoms with E-state index in [0.29, 0.717) is 43.2 Å². The Balaban J connectivity index is 1.59. The third-order valence-corrected chi connectivity index (χ3v) is 6.03. The van der Waals surface area contributed by atoms with Crippen molar-refractivity contribution in [2.75, 3.05) is 26.2 Å². The summed E-state index contributed by atoms with van der Waals surface area (Å²) >= 11 is 0. The summed E-state index contributed by atoms with van der Waals surface area (Å²) in [5, 5.41) is 2.79. The molecule has 3 rings (SSSR count). The lowest BCUT2D eigenvalue weighted by Crippen LogP contribution is -2.57. The van der Waals surface area contributed by atoms with Gasteiger partial charge in [-0.3, -0.25) is 14.4 Å². The highest BCUT2D eigenvalue weighted by atomic mass is 19.1. The lowest BCUT2D eigenvalue weighted by molar-refractivity contribution is -0.135. The van der Waals surface area contributed by atoms with Gasteiger partial charge in [0.15, 0.2) is 0 Å². The molecule has 1 aliphatic heterocycles. The molecule has 1 saturated heterocycles. The van der Waals surface area contributed by atoms with Crippen molar-refractivity contribution >= 4 is 17.7 Å². The second-order valence-electron chi connectivity index (χ2n) is 9.10. The fourth-order valence-electron chi connectivity index (χ4n) is 3.86. The minimum Gasteiger partial charge on any atom is -0.340 e. The van der Waals surface area contributed by atoms with Crippen LogP contribution in [0.25, 0.3) is 0 Å². The number of nitrogens with zero attached hydrogens (tertiary/aromatic N) is 2. The van der Waals surface area contributed by atoms with Crippen LogP contribution in [0.3, 0.4) is 0 Å². The van der Waals surface area contributed by atoms with Gasteiger partial charge >= 0.3 is 0 Å². The molecule has 0 aromatic heterocycles. The van der Waals surface area contributed by atoms with Crippen molar-refractivity contribution in [2.45, 2.75) is 39.7 Å². The van der Waals surface area contributed by atoms with Gasteiger partial charge in [0, 0.05) is 37.3 Å². The first-order valence-corrected chi connectivity index (χ1v) is 11.4. The SMILES string of the molecule is CC(C)c1ccc(C(=O)N2CCN(C(=O)C(NC(=O)c3ccc(F)cc3)C(C)C)CC2)cc1. The normalized spacial score (nSPS) is 15.0. The zero-order chi connectivity index (χ0) is 24.1. The molecule has 176 valence electrons. The number of carbonyl (C=O) groups is 3. The Hall–Kier alpha value is -3.22. The van der Waals surface area contributed by atoms with Crippen molar-refractivity contribution < 1.29 is 18.8 Å². The molecule has 1 aliphatic rings. The van der Waals surface area contributed by atoms with E-state index in [0.717, 1.165) is 0 Å². The molecule has 1 N–H and O–H groups in total. The second-order valence-corrected chi connectivity index (χ2v) is 9.10. The largest absolute Gasteiger partial charge is 0.340 e. The third kappa shape index (κ3) is 5.97. The third-order valence-electron chi connectivity index (χ3n) is 6.03. The zero-order valence-corrected chi connectivity index (χ0v) is 19.7. The molecule has 1 unspecified atom stereocenters. The molecule has 0 saturated carbocycles. The Morgan fingerprint density at radius 2 is 1.30 bits per heavy atom. The van der Waals surface area contributed by atoms with Crippen LogP contribution in [0, 0.1) is 11.7 Å². The van der Waals surface area contributed by atoms with E-state index in [-0.39, 0.29) is 17.7 Å². The molecule has 33 heavy (non-hydrogen) atoms. The maximum atomic E-state index is 13.2. The van der Waals surface area contributed by atoms with Crippen molar-refractivity contribution in [3.8, 4) is 0 Å². The predicted octanol–water partition coefficient (Wildman–Crippen LogP) is 3.69. The molecule has 0 radical (unpaired) electrons. The van der Waals surface area contributed by atoms with Crippen LogP contribution in [-0.2, 0) is 4.79 Å². The molecule has 6 nitrogen and oxygen atoms in total. The number of carbonyl (C=O) groups excluding carboxylic acids is 3. The summed E-state index contributed by atoms with van der Waals surface area (Å²) in [6.45, 7) is 9.65. The van der Waals surface area contributed by atoms with E-state index < -0.39 is 17.8 Å². The van der Waals surface area contributed by atoms with Crippen LogP contribution in [0.2, 0.25) is 0 Å². The number of nitrogens with one attached hydrogen (secondary N) is 1. The molecule has 3 amide bonds. The Labute approximate surface area is 194 Å². The van der Waals surface area contributed by atoms with Crippen LogP contribution < -0.4 is 5.32 Å². The van der Waals surface area contributed by atoms with Gasteiger partial charge in [-0.25, -0.2) is 4.39 Å². The van der Waals surface area contributed by atoms with E-state index >= 15 is 0 Å². The van der Waals surface area contributed by atoms with Crippen molar-refractivity contribution in [1.82, 2.24) is 15.1 Å². The number of hydrogen-bond acceptors (Lipinski definition) is 3. The van der Waals surface area contributed by atoms with Crippen LogP contribution in [-0.4, -0.2) is 59.7 Å². The Kier molecular flexibility index (Phi) is 7.84. The molecular weight excluding hydrogens is 421 g/mol.